The molecule has 25 heavy (non-hydrogen) atoms. The average Bonchev–Trinajstić information content (AvgIpc) is 2.61. The Morgan fingerprint density at radius 1 is 1.36 bits per heavy atom. The van der Waals surface area contributed by atoms with Gasteiger partial charge < -0.3 is 0 Å². The van der Waals surface area contributed by atoms with E-state index in [0.29, 0.717) is 30.8 Å². The lowest BCUT2D eigenvalue weighted by Gasteiger charge is -2.40. The normalized spacial score (nSPS) is 24.0. The minimum Gasteiger partial charge on any atom is -0.296 e. The molecule has 2 heterocycles. The van der Waals surface area contributed by atoms with Gasteiger partial charge in [-0.1, -0.05) is 37.3 Å². The third kappa shape index (κ3) is 3.85. The molecule has 0 N–H and O–H groups in total. The number of piperidine rings is 1. The molecule has 2 atom stereocenters. The maximum Gasteiger partial charge on any atom is 0.131 e. The summed E-state index contributed by atoms with van der Waals surface area (Å²) in [5.74, 6) is -0.324. The Balaban J connectivity index is 1.69. The molecule has 130 valence electrons. The zero-order chi connectivity index (χ0) is 17.9. The molecule has 1 aromatic heterocycles. The van der Waals surface area contributed by atoms with Gasteiger partial charge in [0.15, 0.2) is 0 Å². The average molecular weight is 341 g/mol. The van der Waals surface area contributed by atoms with Crippen LogP contribution in [-0.4, -0.2) is 29.1 Å². The van der Waals surface area contributed by atoms with Crippen molar-refractivity contribution in [2.75, 3.05) is 13.1 Å². The number of nitriles is 1. The third-order valence-electron chi connectivity index (χ3n) is 5.05. The Morgan fingerprint density at radius 2 is 2.12 bits per heavy atom. The van der Waals surface area contributed by atoms with Gasteiger partial charge in [0.25, 0.3) is 0 Å². The number of hydrogen-bond acceptors (Lipinski definition) is 3. The van der Waals surface area contributed by atoms with Crippen molar-refractivity contribution in [3.63, 3.8) is 0 Å². The molecule has 2 aromatic rings. The first-order valence-electron chi connectivity index (χ1n) is 8.45. The van der Waals surface area contributed by atoms with Crippen molar-refractivity contribution in [3.05, 3.63) is 54.0 Å². The van der Waals surface area contributed by atoms with Gasteiger partial charge >= 0.3 is 0 Å². The summed E-state index contributed by atoms with van der Waals surface area (Å²) >= 11 is 0. The van der Waals surface area contributed by atoms with E-state index in [9.17, 15) is 8.78 Å². The molecule has 5 heteroatoms. The lowest BCUT2D eigenvalue weighted by molar-refractivity contribution is 0.0182. The van der Waals surface area contributed by atoms with Gasteiger partial charge in [-0.2, -0.15) is 5.26 Å². The largest absolute Gasteiger partial charge is 0.296 e. The van der Waals surface area contributed by atoms with Gasteiger partial charge in [0.1, 0.15) is 12.0 Å². The van der Waals surface area contributed by atoms with E-state index >= 15 is 0 Å². The number of likely N-dealkylation sites (tertiary alicyclic amines) is 1. The number of alkyl halides is 1. The van der Waals surface area contributed by atoms with Gasteiger partial charge in [0.05, 0.1) is 11.8 Å². The summed E-state index contributed by atoms with van der Waals surface area (Å²) in [5.41, 5.74) is 1.32. The molecular formula is C20H21F2N3. The molecule has 2 unspecified atom stereocenters. The van der Waals surface area contributed by atoms with E-state index in [-0.39, 0.29) is 18.8 Å². The van der Waals surface area contributed by atoms with Crippen LogP contribution in [0.4, 0.5) is 8.78 Å². The molecule has 1 fully saturated rings. The molecule has 1 aromatic carbocycles. The molecule has 0 amide bonds. The summed E-state index contributed by atoms with van der Waals surface area (Å²) in [4.78, 5) is 6.24. The van der Waals surface area contributed by atoms with Crippen LogP contribution in [0.2, 0.25) is 0 Å². The van der Waals surface area contributed by atoms with E-state index in [1.807, 2.05) is 42.2 Å². The van der Waals surface area contributed by atoms with Crippen LogP contribution >= 0.6 is 0 Å². The van der Waals surface area contributed by atoms with E-state index < -0.39 is 11.6 Å². The van der Waals surface area contributed by atoms with Crippen LogP contribution < -0.4 is 0 Å². The van der Waals surface area contributed by atoms with E-state index in [0.717, 1.165) is 5.56 Å². The molecule has 0 bridgehead atoms. The summed E-state index contributed by atoms with van der Waals surface area (Å²) < 4.78 is 28.9. The number of aromatic nitrogens is 1. The molecule has 0 saturated carbocycles. The maximum absolute atomic E-state index is 14.5. The predicted molar refractivity (Wildman–Crippen MR) is 92.8 cm³/mol. The molecule has 3 rings (SSSR count). The Kier molecular flexibility index (Phi) is 5.10. The first-order valence-corrected chi connectivity index (χ1v) is 8.45. The summed E-state index contributed by atoms with van der Waals surface area (Å²) in [6.07, 6.45) is 1.26. The van der Waals surface area contributed by atoms with Crippen LogP contribution in [0, 0.1) is 22.6 Å². The van der Waals surface area contributed by atoms with Gasteiger partial charge in [0.2, 0.25) is 0 Å². The zero-order valence-corrected chi connectivity index (χ0v) is 14.3. The summed E-state index contributed by atoms with van der Waals surface area (Å²) in [6, 6.07) is 12.9. The number of rotatable bonds is 4. The second-order valence-corrected chi connectivity index (χ2v) is 6.97. The van der Waals surface area contributed by atoms with Crippen LogP contribution in [0.1, 0.15) is 25.3 Å². The van der Waals surface area contributed by atoms with Crippen LogP contribution in [0.15, 0.2) is 42.6 Å². The van der Waals surface area contributed by atoms with Crippen molar-refractivity contribution in [1.29, 1.82) is 5.26 Å². The number of pyridine rings is 1. The van der Waals surface area contributed by atoms with Crippen LogP contribution in [0.5, 0.6) is 0 Å². The van der Waals surface area contributed by atoms with Gasteiger partial charge in [-0.25, -0.2) is 8.78 Å². The Labute approximate surface area is 146 Å². The van der Waals surface area contributed by atoms with Crippen LogP contribution in [0.3, 0.4) is 0 Å². The number of hydrogen-bond donors (Lipinski definition) is 0. The van der Waals surface area contributed by atoms with Crippen LogP contribution in [-0.2, 0) is 6.54 Å². The lowest BCUT2D eigenvalue weighted by atomic mass is 9.76. The molecule has 1 aliphatic rings. The third-order valence-corrected chi connectivity index (χ3v) is 5.05. The molecule has 1 saturated heterocycles. The molecule has 0 radical (unpaired) electrons. The highest BCUT2D eigenvalue weighted by molar-refractivity contribution is 5.58. The number of halogens is 2. The Morgan fingerprint density at radius 3 is 2.76 bits per heavy atom. The topological polar surface area (TPSA) is 39.9 Å². The Hall–Kier alpha value is -2.32. The predicted octanol–water partition coefficient (Wildman–Crippen LogP) is 4.35. The molecule has 0 spiro atoms. The number of benzene rings is 1. The van der Waals surface area contributed by atoms with E-state index in [4.69, 9.17) is 5.26 Å². The summed E-state index contributed by atoms with van der Waals surface area (Å²) in [5, 5.41) is 8.87. The van der Waals surface area contributed by atoms with E-state index in [2.05, 4.69) is 11.1 Å². The Bertz CT molecular complexity index is 772. The smallest absolute Gasteiger partial charge is 0.131 e. The van der Waals surface area contributed by atoms with Gasteiger partial charge in [-0.3, -0.25) is 9.88 Å². The minimum atomic E-state index is -1.08. The molecule has 0 aliphatic carbocycles. The van der Waals surface area contributed by atoms with Gasteiger partial charge in [-0.05, 0) is 13.0 Å². The fraction of sp³-hybridized carbons (Fsp3) is 0.400. The van der Waals surface area contributed by atoms with Crippen molar-refractivity contribution in [1.82, 2.24) is 9.88 Å². The molecule has 1 aliphatic heterocycles. The van der Waals surface area contributed by atoms with Crippen molar-refractivity contribution in [2.24, 2.45) is 5.41 Å². The van der Waals surface area contributed by atoms with Crippen molar-refractivity contribution in [2.45, 2.75) is 32.5 Å². The number of nitrogens with zero attached hydrogens (tertiary/aromatic N) is 3. The highest BCUT2D eigenvalue weighted by Gasteiger charge is 2.39. The first kappa shape index (κ1) is 17.5. The zero-order valence-electron chi connectivity index (χ0n) is 14.3. The highest BCUT2D eigenvalue weighted by Crippen LogP contribution is 2.37. The van der Waals surface area contributed by atoms with Gasteiger partial charge in [-0.15, -0.1) is 0 Å². The summed E-state index contributed by atoms with van der Waals surface area (Å²) in [6.45, 7) is 3.02. The summed E-state index contributed by atoms with van der Waals surface area (Å²) in [7, 11) is 0. The molecule has 3 nitrogen and oxygen atoms in total. The van der Waals surface area contributed by atoms with Crippen molar-refractivity contribution < 1.29 is 8.78 Å². The lowest BCUT2D eigenvalue weighted by Crippen LogP contribution is -2.47. The first-order chi connectivity index (χ1) is 12.0. The van der Waals surface area contributed by atoms with Crippen molar-refractivity contribution >= 4 is 0 Å². The fourth-order valence-corrected chi connectivity index (χ4v) is 3.22. The fourth-order valence-electron chi connectivity index (χ4n) is 3.22. The van der Waals surface area contributed by atoms with Gasteiger partial charge in [0, 0.05) is 48.3 Å². The SMILES string of the molecule is CC1(CC#N)CCN(Cc2cnc(-c3ccccc3)cc2F)CC1F. The van der Waals surface area contributed by atoms with Crippen molar-refractivity contribution in [3.8, 4) is 17.3 Å². The maximum atomic E-state index is 14.5. The second kappa shape index (κ2) is 7.28. The standard InChI is InChI=1S/C20H21F2N3/c1-20(7-9-23)8-10-25(14-19(20)22)13-16-12-24-18(11-17(16)21)15-5-3-2-4-6-15/h2-6,11-12,19H,7-8,10,13-14H2,1H3. The quantitative estimate of drug-likeness (QED) is 0.830. The van der Waals surface area contributed by atoms with E-state index in [1.54, 1.807) is 0 Å². The molecular weight excluding hydrogens is 320 g/mol. The van der Waals surface area contributed by atoms with E-state index in [1.165, 1.54) is 12.3 Å². The van der Waals surface area contributed by atoms with Crippen LogP contribution in [0.25, 0.3) is 11.3 Å². The minimum absolute atomic E-state index is 0.212. The monoisotopic (exact) mass is 341 g/mol. The highest BCUT2D eigenvalue weighted by atomic mass is 19.1. The second-order valence-electron chi connectivity index (χ2n) is 6.97.